The van der Waals surface area contributed by atoms with E-state index >= 15 is 0 Å². The van der Waals surface area contributed by atoms with Crippen LogP contribution in [0, 0.1) is 0 Å². The van der Waals surface area contributed by atoms with Crippen LogP contribution in [0.15, 0.2) is 60.7 Å². The van der Waals surface area contributed by atoms with Crippen LogP contribution in [0.4, 0.5) is 11.5 Å². The highest BCUT2D eigenvalue weighted by Gasteiger charge is 2.15. The second-order valence-electron chi connectivity index (χ2n) is 6.21. The second-order valence-corrected chi connectivity index (χ2v) is 6.64. The van der Waals surface area contributed by atoms with Crippen LogP contribution in [0.2, 0.25) is 5.02 Å². The summed E-state index contributed by atoms with van der Waals surface area (Å²) >= 11 is 5.97. The molecule has 1 amide bonds. The van der Waals surface area contributed by atoms with E-state index in [1.807, 2.05) is 30.3 Å². The lowest BCUT2D eigenvalue weighted by atomic mass is 10.1. The average Bonchev–Trinajstić information content (AvgIpc) is 2.74. The molecule has 0 radical (unpaired) electrons. The predicted octanol–water partition coefficient (Wildman–Crippen LogP) is 4.72. The van der Waals surface area contributed by atoms with Crippen LogP contribution in [0.5, 0.6) is 5.75 Å². The zero-order chi connectivity index (χ0) is 20.6. The number of hydrogen-bond acceptors (Lipinski definition) is 5. The lowest BCUT2D eigenvalue weighted by Gasteiger charge is -2.13. The smallest absolute Gasteiger partial charge is 0.259 e. The standard InChI is InChI=1S/C22H22ClN3O3/c1-28-13-12-24-21-19(22(27)25-17-4-3-5-18(14-17)29-2)10-11-20(26-21)15-6-8-16(23)9-7-15/h3-11,14H,12-13H2,1-2H3,(H,24,26)(H,25,27). The number of methoxy groups -OCH3 is 2. The lowest BCUT2D eigenvalue weighted by Crippen LogP contribution is -2.18. The summed E-state index contributed by atoms with van der Waals surface area (Å²) in [5.74, 6) is 0.876. The molecule has 0 aliphatic carbocycles. The van der Waals surface area contributed by atoms with Crippen LogP contribution in [0.1, 0.15) is 10.4 Å². The van der Waals surface area contributed by atoms with Crippen molar-refractivity contribution >= 4 is 29.0 Å². The number of anilines is 2. The van der Waals surface area contributed by atoms with Gasteiger partial charge in [-0.3, -0.25) is 4.79 Å². The Morgan fingerprint density at radius 2 is 1.86 bits per heavy atom. The van der Waals surface area contributed by atoms with Gasteiger partial charge in [-0.1, -0.05) is 29.8 Å². The number of benzene rings is 2. The summed E-state index contributed by atoms with van der Waals surface area (Å²) < 4.78 is 10.3. The minimum Gasteiger partial charge on any atom is -0.497 e. The highest BCUT2D eigenvalue weighted by atomic mass is 35.5. The normalized spacial score (nSPS) is 10.4. The van der Waals surface area contributed by atoms with E-state index in [2.05, 4.69) is 15.6 Å². The molecule has 1 aromatic heterocycles. The summed E-state index contributed by atoms with van der Waals surface area (Å²) in [7, 11) is 3.20. The van der Waals surface area contributed by atoms with Crippen LogP contribution < -0.4 is 15.4 Å². The molecule has 3 rings (SSSR count). The maximum Gasteiger partial charge on any atom is 0.259 e. The molecular formula is C22H22ClN3O3. The number of amides is 1. The van der Waals surface area contributed by atoms with Gasteiger partial charge in [-0.15, -0.1) is 0 Å². The molecule has 0 aliphatic heterocycles. The first-order valence-corrected chi connectivity index (χ1v) is 9.43. The highest BCUT2D eigenvalue weighted by molar-refractivity contribution is 6.30. The van der Waals surface area contributed by atoms with E-state index in [0.29, 0.717) is 41.0 Å². The molecule has 0 unspecified atom stereocenters. The minimum atomic E-state index is -0.270. The van der Waals surface area contributed by atoms with Gasteiger partial charge in [0.2, 0.25) is 0 Å². The molecule has 6 nitrogen and oxygen atoms in total. The number of carbonyl (C=O) groups excluding carboxylic acids is 1. The molecular weight excluding hydrogens is 390 g/mol. The van der Waals surface area contributed by atoms with Crippen molar-refractivity contribution in [1.29, 1.82) is 0 Å². The van der Waals surface area contributed by atoms with Crippen LogP contribution in [0.25, 0.3) is 11.3 Å². The van der Waals surface area contributed by atoms with Crippen LogP contribution >= 0.6 is 11.6 Å². The zero-order valence-corrected chi connectivity index (χ0v) is 17.0. The molecule has 0 spiro atoms. The molecule has 1 heterocycles. The van der Waals surface area contributed by atoms with Gasteiger partial charge in [-0.2, -0.15) is 0 Å². The van der Waals surface area contributed by atoms with E-state index in [1.54, 1.807) is 44.6 Å². The molecule has 0 saturated heterocycles. The second kappa shape index (κ2) is 9.91. The van der Waals surface area contributed by atoms with Gasteiger partial charge in [0.05, 0.1) is 25.0 Å². The van der Waals surface area contributed by atoms with Crippen molar-refractivity contribution in [1.82, 2.24) is 4.98 Å². The van der Waals surface area contributed by atoms with Crippen molar-refractivity contribution in [3.05, 3.63) is 71.2 Å². The molecule has 0 bridgehead atoms. The molecule has 0 fully saturated rings. The first-order chi connectivity index (χ1) is 14.1. The van der Waals surface area contributed by atoms with Crippen molar-refractivity contribution in [3.8, 4) is 17.0 Å². The average molecular weight is 412 g/mol. The molecule has 7 heteroatoms. The topological polar surface area (TPSA) is 72.5 Å². The van der Waals surface area contributed by atoms with Crippen molar-refractivity contribution in [2.24, 2.45) is 0 Å². The Hall–Kier alpha value is -3.09. The molecule has 3 aromatic rings. The van der Waals surface area contributed by atoms with Gasteiger partial charge in [0.15, 0.2) is 0 Å². The fourth-order valence-corrected chi connectivity index (χ4v) is 2.86. The van der Waals surface area contributed by atoms with Gasteiger partial charge < -0.3 is 20.1 Å². The van der Waals surface area contributed by atoms with Crippen molar-refractivity contribution in [2.75, 3.05) is 38.0 Å². The number of ether oxygens (including phenoxy) is 2. The van der Waals surface area contributed by atoms with Gasteiger partial charge in [0.1, 0.15) is 11.6 Å². The van der Waals surface area contributed by atoms with Gasteiger partial charge in [0.25, 0.3) is 5.91 Å². The summed E-state index contributed by atoms with van der Waals surface area (Å²) in [6, 6.07) is 18.1. The zero-order valence-electron chi connectivity index (χ0n) is 16.2. The molecule has 0 atom stereocenters. The summed E-state index contributed by atoms with van der Waals surface area (Å²) in [5.41, 5.74) is 2.71. The third-order valence-electron chi connectivity index (χ3n) is 4.21. The summed E-state index contributed by atoms with van der Waals surface area (Å²) in [6.07, 6.45) is 0. The fourth-order valence-electron chi connectivity index (χ4n) is 2.73. The predicted molar refractivity (Wildman–Crippen MR) is 116 cm³/mol. The van der Waals surface area contributed by atoms with E-state index in [0.717, 1.165) is 11.3 Å². The maximum atomic E-state index is 12.9. The molecule has 150 valence electrons. The largest absolute Gasteiger partial charge is 0.497 e. The Kier molecular flexibility index (Phi) is 7.05. The van der Waals surface area contributed by atoms with Gasteiger partial charge in [0, 0.05) is 36.0 Å². The summed E-state index contributed by atoms with van der Waals surface area (Å²) in [4.78, 5) is 17.5. The Morgan fingerprint density at radius 1 is 1.07 bits per heavy atom. The van der Waals surface area contributed by atoms with E-state index in [1.165, 1.54) is 0 Å². The Balaban J connectivity index is 1.88. The number of nitrogens with zero attached hydrogens (tertiary/aromatic N) is 1. The Bertz CT molecular complexity index is 977. The Labute approximate surface area is 174 Å². The number of rotatable bonds is 8. The molecule has 29 heavy (non-hydrogen) atoms. The number of hydrogen-bond donors (Lipinski definition) is 2. The van der Waals surface area contributed by atoms with Gasteiger partial charge in [-0.05, 0) is 36.4 Å². The van der Waals surface area contributed by atoms with Crippen molar-refractivity contribution < 1.29 is 14.3 Å². The number of nitrogens with one attached hydrogen (secondary N) is 2. The number of halogens is 1. The first kappa shape index (κ1) is 20.6. The molecule has 2 N–H and O–H groups in total. The first-order valence-electron chi connectivity index (χ1n) is 9.06. The SMILES string of the molecule is COCCNc1nc(-c2ccc(Cl)cc2)ccc1C(=O)Nc1cccc(OC)c1. The van der Waals surface area contributed by atoms with Crippen LogP contribution in [0.3, 0.4) is 0 Å². The fraction of sp³-hybridized carbons (Fsp3) is 0.182. The summed E-state index contributed by atoms with van der Waals surface area (Å²) in [6.45, 7) is 1.01. The molecule has 0 saturated carbocycles. The third kappa shape index (κ3) is 5.47. The van der Waals surface area contributed by atoms with E-state index < -0.39 is 0 Å². The number of carbonyl (C=O) groups is 1. The van der Waals surface area contributed by atoms with E-state index in [-0.39, 0.29) is 5.91 Å². The third-order valence-corrected chi connectivity index (χ3v) is 4.46. The van der Waals surface area contributed by atoms with Crippen LogP contribution in [-0.4, -0.2) is 38.3 Å². The minimum absolute atomic E-state index is 0.270. The monoisotopic (exact) mass is 411 g/mol. The van der Waals surface area contributed by atoms with E-state index in [4.69, 9.17) is 21.1 Å². The van der Waals surface area contributed by atoms with Gasteiger partial charge >= 0.3 is 0 Å². The highest BCUT2D eigenvalue weighted by Crippen LogP contribution is 2.25. The number of pyridine rings is 1. The van der Waals surface area contributed by atoms with E-state index in [9.17, 15) is 4.79 Å². The maximum absolute atomic E-state index is 12.9. The number of aromatic nitrogens is 1. The summed E-state index contributed by atoms with van der Waals surface area (Å²) in [5, 5.41) is 6.71. The Morgan fingerprint density at radius 3 is 2.59 bits per heavy atom. The van der Waals surface area contributed by atoms with Crippen molar-refractivity contribution in [2.45, 2.75) is 0 Å². The molecule has 0 aliphatic rings. The quantitative estimate of drug-likeness (QED) is 0.524. The van der Waals surface area contributed by atoms with Gasteiger partial charge in [-0.25, -0.2) is 4.98 Å². The lowest BCUT2D eigenvalue weighted by molar-refractivity contribution is 0.102. The molecule has 2 aromatic carbocycles. The van der Waals surface area contributed by atoms with Crippen molar-refractivity contribution in [3.63, 3.8) is 0 Å². The van der Waals surface area contributed by atoms with Crippen LogP contribution in [-0.2, 0) is 4.74 Å².